The average Bonchev–Trinajstić information content (AvgIpc) is 3.08. The Morgan fingerprint density at radius 3 is 3.00 bits per heavy atom. The molecule has 0 atom stereocenters. The van der Waals surface area contributed by atoms with E-state index in [4.69, 9.17) is 5.26 Å². The largest absolute Gasteiger partial charge is 0.368 e. The standard InChI is InChI=1S/C12H16N4/c1-9-4-5-15-12(11(9)8-13)16-7-6-14-10-2-3-10/h4-5,10,14H,2-3,6-7H2,1H3,(H,15,16). The molecule has 2 N–H and O–H groups in total. The van der Waals surface area contributed by atoms with E-state index in [1.807, 2.05) is 13.0 Å². The fourth-order valence-electron chi connectivity index (χ4n) is 1.58. The van der Waals surface area contributed by atoms with Gasteiger partial charge < -0.3 is 10.6 Å². The van der Waals surface area contributed by atoms with Gasteiger partial charge in [-0.2, -0.15) is 5.26 Å². The Bertz CT molecular complexity index is 404. The van der Waals surface area contributed by atoms with Crippen molar-refractivity contribution < 1.29 is 0 Å². The summed E-state index contributed by atoms with van der Waals surface area (Å²) in [6, 6.07) is 4.76. The van der Waals surface area contributed by atoms with E-state index in [2.05, 4.69) is 21.7 Å². The van der Waals surface area contributed by atoms with Crippen LogP contribution in [0.25, 0.3) is 0 Å². The third-order valence-corrected chi connectivity index (χ3v) is 2.70. The zero-order valence-electron chi connectivity index (χ0n) is 9.45. The summed E-state index contributed by atoms with van der Waals surface area (Å²) >= 11 is 0. The third-order valence-electron chi connectivity index (χ3n) is 2.70. The summed E-state index contributed by atoms with van der Waals surface area (Å²) in [6.07, 6.45) is 4.32. The quantitative estimate of drug-likeness (QED) is 0.731. The van der Waals surface area contributed by atoms with Crippen LogP contribution < -0.4 is 10.6 Å². The second kappa shape index (κ2) is 4.95. The molecular weight excluding hydrogens is 200 g/mol. The molecule has 0 amide bonds. The summed E-state index contributed by atoms with van der Waals surface area (Å²) in [7, 11) is 0. The second-order valence-electron chi connectivity index (χ2n) is 4.12. The van der Waals surface area contributed by atoms with E-state index in [1.165, 1.54) is 12.8 Å². The summed E-state index contributed by atoms with van der Waals surface area (Å²) in [5.74, 6) is 0.695. The number of nitrogens with zero attached hydrogens (tertiary/aromatic N) is 2. The maximum absolute atomic E-state index is 9.01. The molecule has 1 aromatic rings. The Hall–Kier alpha value is -1.60. The van der Waals surface area contributed by atoms with E-state index in [1.54, 1.807) is 6.20 Å². The highest BCUT2D eigenvalue weighted by Gasteiger charge is 2.19. The zero-order valence-corrected chi connectivity index (χ0v) is 9.45. The van der Waals surface area contributed by atoms with Gasteiger partial charge in [-0.15, -0.1) is 0 Å². The number of anilines is 1. The molecule has 4 heteroatoms. The average molecular weight is 216 g/mol. The maximum Gasteiger partial charge on any atom is 0.144 e. The summed E-state index contributed by atoms with van der Waals surface area (Å²) in [6.45, 7) is 3.65. The lowest BCUT2D eigenvalue weighted by atomic mass is 10.1. The number of aryl methyl sites for hydroxylation is 1. The van der Waals surface area contributed by atoms with Crippen molar-refractivity contribution in [1.29, 1.82) is 5.26 Å². The fourth-order valence-corrected chi connectivity index (χ4v) is 1.58. The number of hydrogen-bond acceptors (Lipinski definition) is 4. The van der Waals surface area contributed by atoms with Crippen LogP contribution in [0.1, 0.15) is 24.0 Å². The highest BCUT2D eigenvalue weighted by atomic mass is 15.0. The Morgan fingerprint density at radius 1 is 1.50 bits per heavy atom. The number of hydrogen-bond donors (Lipinski definition) is 2. The van der Waals surface area contributed by atoms with Gasteiger partial charge >= 0.3 is 0 Å². The number of rotatable bonds is 5. The minimum absolute atomic E-state index is 0.647. The first kappa shape index (κ1) is 10.9. The first-order chi connectivity index (χ1) is 7.81. The van der Waals surface area contributed by atoms with Crippen molar-refractivity contribution in [2.75, 3.05) is 18.4 Å². The van der Waals surface area contributed by atoms with E-state index in [9.17, 15) is 0 Å². The van der Waals surface area contributed by atoms with Crippen LogP contribution in [0, 0.1) is 18.3 Å². The maximum atomic E-state index is 9.01. The van der Waals surface area contributed by atoms with Gasteiger partial charge in [-0.25, -0.2) is 4.98 Å². The monoisotopic (exact) mass is 216 g/mol. The van der Waals surface area contributed by atoms with Crippen LogP contribution in [0.15, 0.2) is 12.3 Å². The summed E-state index contributed by atoms with van der Waals surface area (Å²) in [5, 5.41) is 15.6. The molecule has 1 aromatic heterocycles. The van der Waals surface area contributed by atoms with E-state index >= 15 is 0 Å². The second-order valence-corrected chi connectivity index (χ2v) is 4.12. The molecule has 4 nitrogen and oxygen atoms in total. The minimum atomic E-state index is 0.647. The van der Waals surface area contributed by atoms with Crippen molar-refractivity contribution in [3.8, 4) is 6.07 Å². The SMILES string of the molecule is Cc1ccnc(NCCNC2CC2)c1C#N. The van der Waals surface area contributed by atoms with Gasteiger partial charge in [0.1, 0.15) is 11.9 Å². The van der Waals surface area contributed by atoms with E-state index in [0.29, 0.717) is 11.4 Å². The number of pyridine rings is 1. The first-order valence-corrected chi connectivity index (χ1v) is 5.64. The van der Waals surface area contributed by atoms with Crippen LogP contribution >= 0.6 is 0 Å². The van der Waals surface area contributed by atoms with Gasteiger partial charge in [0.15, 0.2) is 0 Å². The van der Waals surface area contributed by atoms with Gasteiger partial charge in [0.25, 0.3) is 0 Å². The number of nitrogens with one attached hydrogen (secondary N) is 2. The predicted octanol–water partition coefficient (Wildman–Crippen LogP) is 1.43. The molecule has 1 aliphatic rings. The summed E-state index contributed by atoms with van der Waals surface area (Å²) < 4.78 is 0. The van der Waals surface area contributed by atoms with Crippen molar-refractivity contribution in [2.45, 2.75) is 25.8 Å². The highest BCUT2D eigenvalue weighted by molar-refractivity contribution is 5.55. The molecule has 0 aromatic carbocycles. The lowest BCUT2D eigenvalue weighted by Crippen LogP contribution is -2.24. The lowest BCUT2D eigenvalue weighted by molar-refractivity contribution is 0.700. The van der Waals surface area contributed by atoms with Gasteiger partial charge in [0.05, 0.1) is 5.56 Å². The van der Waals surface area contributed by atoms with Crippen molar-refractivity contribution in [2.24, 2.45) is 0 Å². The van der Waals surface area contributed by atoms with E-state index in [-0.39, 0.29) is 0 Å². The molecule has 0 bridgehead atoms. The third kappa shape index (κ3) is 2.71. The van der Waals surface area contributed by atoms with Crippen LogP contribution in [0.3, 0.4) is 0 Å². The van der Waals surface area contributed by atoms with Crippen LogP contribution in [0.2, 0.25) is 0 Å². The lowest BCUT2D eigenvalue weighted by Gasteiger charge is -2.08. The molecule has 1 heterocycles. The van der Waals surface area contributed by atoms with Crippen molar-refractivity contribution in [3.05, 3.63) is 23.4 Å². The number of aromatic nitrogens is 1. The zero-order chi connectivity index (χ0) is 11.4. The normalized spacial score (nSPS) is 14.5. The van der Waals surface area contributed by atoms with Crippen molar-refractivity contribution in [3.63, 3.8) is 0 Å². The highest BCUT2D eigenvalue weighted by Crippen LogP contribution is 2.18. The number of nitriles is 1. The fraction of sp³-hybridized carbons (Fsp3) is 0.500. The summed E-state index contributed by atoms with van der Waals surface area (Å²) in [5.41, 5.74) is 1.61. The molecule has 1 fully saturated rings. The smallest absolute Gasteiger partial charge is 0.144 e. The summed E-state index contributed by atoms with van der Waals surface area (Å²) in [4.78, 5) is 4.18. The first-order valence-electron chi connectivity index (χ1n) is 5.64. The van der Waals surface area contributed by atoms with Crippen LogP contribution in [-0.4, -0.2) is 24.1 Å². The molecule has 0 aliphatic heterocycles. The molecule has 16 heavy (non-hydrogen) atoms. The molecule has 0 spiro atoms. The minimum Gasteiger partial charge on any atom is -0.368 e. The molecular formula is C12H16N4. The van der Waals surface area contributed by atoms with Crippen molar-refractivity contribution >= 4 is 5.82 Å². The van der Waals surface area contributed by atoms with E-state index < -0.39 is 0 Å². The van der Waals surface area contributed by atoms with Crippen LogP contribution in [-0.2, 0) is 0 Å². The van der Waals surface area contributed by atoms with Gasteiger partial charge in [-0.05, 0) is 31.4 Å². The Labute approximate surface area is 95.7 Å². The Morgan fingerprint density at radius 2 is 2.31 bits per heavy atom. The molecule has 0 radical (unpaired) electrons. The molecule has 2 rings (SSSR count). The molecule has 0 saturated heterocycles. The molecule has 1 saturated carbocycles. The predicted molar refractivity (Wildman–Crippen MR) is 63.2 cm³/mol. The Balaban J connectivity index is 1.87. The molecule has 0 unspecified atom stereocenters. The Kier molecular flexibility index (Phi) is 3.37. The van der Waals surface area contributed by atoms with Crippen molar-refractivity contribution in [1.82, 2.24) is 10.3 Å². The topological polar surface area (TPSA) is 60.7 Å². The van der Waals surface area contributed by atoms with Crippen LogP contribution in [0.4, 0.5) is 5.82 Å². The molecule has 84 valence electrons. The van der Waals surface area contributed by atoms with E-state index in [0.717, 1.165) is 24.7 Å². The van der Waals surface area contributed by atoms with Gasteiger partial charge in [-0.1, -0.05) is 0 Å². The van der Waals surface area contributed by atoms with Crippen LogP contribution in [0.5, 0.6) is 0 Å². The van der Waals surface area contributed by atoms with Gasteiger partial charge in [0, 0.05) is 25.3 Å². The van der Waals surface area contributed by atoms with Gasteiger partial charge in [-0.3, -0.25) is 0 Å². The van der Waals surface area contributed by atoms with Gasteiger partial charge in [0.2, 0.25) is 0 Å². The molecule has 1 aliphatic carbocycles.